The Balaban J connectivity index is 2.01. The number of aliphatic hydroxyl groups excluding tert-OH is 1. The number of alkyl halides is 3. The molecule has 0 saturated heterocycles. The quantitative estimate of drug-likeness (QED) is 0.545. The van der Waals surface area contributed by atoms with E-state index in [0.29, 0.717) is 16.3 Å². The summed E-state index contributed by atoms with van der Waals surface area (Å²) in [5.74, 6) is -0.304. The Hall–Kier alpha value is -2.85. The summed E-state index contributed by atoms with van der Waals surface area (Å²) in [6, 6.07) is 6.75. The van der Waals surface area contributed by atoms with Gasteiger partial charge in [-0.25, -0.2) is 4.98 Å². The minimum Gasteiger partial charge on any atom is -0.395 e. The van der Waals surface area contributed by atoms with Crippen molar-refractivity contribution < 1.29 is 23.1 Å². The summed E-state index contributed by atoms with van der Waals surface area (Å²) in [5, 5.41) is 11.8. The van der Waals surface area contributed by atoms with Crippen LogP contribution in [0.2, 0.25) is 5.02 Å². The van der Waals surface area contributed by atoms with Crippen molar-refractivity contribution in [3.63, 3.8) is 0 Å². The molecule has 3 rings (SSSR count). The minimum absolute atomic E-state index is 0.0344. The number of carbonyl (C=O) groups is 1. The molecule has 11 heteroatoms. The second-order valence-electron chi connectivity index (χ2n) is 6.92. The highest BCUT2D eigenvalue weighted by Gasteiger charge is 2.26. The lowest BCUT2D eigenvalue weighted by Gasteiger charge is -2.12. The monoisotopic (exact) mass is 456 g/mol. The molecule has 31 heavy (non-hydrogen) atoms. The fourth-order valence-electron chi connectivity index (χ4n) is 3.10. The van der Waals surface area contributed by atoms with E-state index >= 15 is 0 Å². The number of benzene rings is 1. The molecule has 2 N–H and O–H groups in total. The lowest BCUT2D eigenvalue weighted by Crippen LogP contribution is -2.31. The number of imidazole rings is 1. The van der Waals surface area contributed by atoms with Crippen LogP contribution in [0.4, 0.5) is 13.2 Å². The van der Waals surface area contributed by atoms with E-state index in [1.807, 2.05) is 0 Å². The van der Waals surface area contributed by atoms with Gasteiger partial charge in [0.25, 0.3) is 5.56 Å². The molecule has 0 unspecified atom stereocenters. The summed E-state index contributed by atoms with van der Waals surface area (Å²) in [4.78, 5) is 29.3. The molecule has 2 heterocycles. The highest BCUT2D eigenvalue weighted by atomic mass is 35.5. The smallest absolute Gasteiger partial charge is 0.389 e. The topological polar surface area (TPSA) is 88.6 Å². The van der Waals surface area contributed by atoms with Crippen molar-refractivity contribution >= 4 is 23.3 Å². The predicted molar refractivity (Wildman–Crippen MR) is 109 cm³/mol. The van der Waals surface area contributed by atoms with Gasteiger partial charge in [0.05, 0.1) is 18.7 Å². The Morgan fingerprint density at radius 2 is 1.90 bits per heavy atom. The van der Waals surface area contributed by atoms with Gasteiger partial charge in [-0.2, -0.15) is 13.2 Å². The highest BCUT2D eigenvalue weighted by molar-refractivity contribution is 6.30. The molecule has 0 atom stereocenters. The van der Waals surface area contributed by atoms with Gasteiger partial charge in [0.1, 0.15) is 0 Å². The number of rotatable bonds is 8. The van der Waals surface area contributed by atoms with Gasteiger partial charge in [-0.1, -0.05) is 23.7 Å². The van der Waals surface area contributed by atoms with Gasteiger partial charge in [0, 0.05) is 48.1 Å². The molecule has 0 radical (unpaired) electrons. The van der Waals surface area contributed by atoms with Crippen molar-refractivity contribution in [1.29, 1.82) is 0 Å². The molecule has 0 aliphatic rings. The Morgan fingerprint density at radius 1 is 1.19 bits per heavy atom. The lowest BCUT2D eigenvalue weighted by atomic mass is 10.2. The summed E-state index contributed by atoms with van der Waals surface area (Å²) in [5.41, 5.74) is 0.737. The van der Waals surface area contributed by atoms with Crippen molar-refractivity contribution in [3.05, 3.63) is 57.6 Å². The zero-order valence-electron chi connectivity index (χ0n) is 16.3. The van der Waals surface area contributed by atoms with Crippen molar-refractivity contribution in [2.75, 3.05) is 13.2 Å². The third-order valence-electron chi connectivity index (χ3n) is 4.53. The normalized spacial score (nSPS) is 11.8. The second kappa shape index (κ2) is 9.52. The highest BCUT2D eigenvalue weighted by Crippen LogP contribution is 2.23. The van der Waals surface area contributed by atoms with Gasteiger partial charge in [0.15, 0.2) is 0 Å². The molecule has 0 saturated carbocycles. The van der Waals surface area contributed by atoms with Crippen LogP contribution in [0.1, 0.15) is 18.4 Å². The molecule has 166 valence electrons. The number of hydrogen-bond donors (Lipinski definition) is 2. The Labute approximate surface area is 180 Å². The maximum atomic E-state index is 12.9. The summed E-state index contributed by atoms with van der Waals surface area (Å²) in [6.07, 6.45) is -2.92. The third kappa shape index (κ3) is 5.86. The first-order valence-corrected chi connectivity index (χ1v) is 9.87. The van der Waals surface area contributed by atoms with Gasteiger partial charge in [0.2, 0.25) is 11.7 Å². The maximum Gasteiger partial charge on any atom is 0.389 e. The first kappa shape index (κ1) is 22.8. The third-order valence-corrected chi connectivity index (χ3v) is 4.79. The average molecular weight is 457 g/mol. The maximum absolute atomic E-state index is 12.9. The van der Waals surface area contributed by atoms with Crippen LogP contribution in [0.3, 0.4) is 0 Å². The van der Waals surface area contributed by atoms with Gasteiger partial charge >= 0.3 is 6.18 Å². The van der Waals surface area contributed by atoms with Crippen LogP contribution in [-0.4, -0.2) is 44.3 Å². The van der Waals surface area contributed by atoms with Gasteiger partial charge in [-0.3, -0.25) is 14.0 Å². The SMILES string of the molecule is O=C(Cc1cn(CCCC(F)(F)F)c2nc(-c3ccc(Cl)cc3)cn2c1=O)NCCO. The molecule has 7 nitrogen and oxygen atoms in total. The van der Waals surface area contributed by atoms with Crippen LogP contribution in [0.5, 0.6) is 0 Å². The van der Waals surface area contributed by atoms with Gasteiger partial charge < -0.3 is 15.0 Å². The summed E-state index contributed by atoms with van der Waals surface area (Å²) >= 11 is 5.90. The summed E-state index contributed by atoms with van der Waals surface area (Å²) in [7, 11) is 0. The van der Waals surface area contributed by atoms with Crippen LogP contribution in [-0.2, 0) is 17.8 Å². The molecule has 1 amide bonds. The molecular weight excluding hydrogens is 437 g/mol. The molecular formula is C20H20ClF3N4O3. The zero-order chi connectivity index (χ0) is 22.6. The Kier molecular flexibility index (Phi) is 7.01. The Bertz CT molecular complexity index is 1120. The molecule has 0 aliphatic carbocycles. The number of nitrogens with zero attached hydrogens (tertiary/aromatic N) is 3. The first-order valence-electron chi connectivity index (χ1n) is 9.49. The summed E-state index contributed by atoms with van der Waals surface area (Å²) in [6.45, 7) is -0.253. The zero-order valence-corrected chi connectivity index (χ0v) is 17.1. The molecule has 0 aliphatic heterocycles. The number of fused-ring (bicyclic) bond motifs is 1. The Morgan fingerprint density at radius 3 is 2.55 bits per heavy atom. The van der Waals surface area contributed by atoms with Crippen LogP contribution in [0.15, 0.2) is 41.5 Å². The molecule has 0 spiro atoms. The van der Waals surface area contributed by atoms with Crippen LogP contribution >= 0.6 is 11.6 Å². The number of halogens is 4. The number of aliphatic hydroxyl groups is 1. The largest absolute Gasteiger partial charge is 0.395 e. The lowest BCUT2D eigenvalue weighted by molar-refractivity contribution is -0.135. The summed E-state index contributed by atoms with van der Waals surface area (Å²) < 4.78 is 40.5. The van der Waals surface area contributed by atoms with E-state index in [1.165, 1.54) is 21.4 Å². The fraction of sp³-hybridized carbons (Fsp3) is 0.350. The average Bonchev–Trinajstić information content (AvgIpc) is 3.15. The number of nitrogens with one attached hydrogen (secondary N) is 1. The van der Waals surface area contributed by atoms with Crippen molar-refractivity contribution in [2.24, 2.45) is 0 Å². The molecule has 3 aromatic rings. The van der Waals surface area contributed by atoms with E-state index in [1.54, 1.807) is 24.3 Å². The van der Waals surface area contributed by atoms with Crippen molar-refractivity contribution in [3.8, 4) is 11.3 Å². The number of carbonyl (C=O) groups excluding carboxylic acids is 1. The number of aryl methyl sites for hydroxylation is 1. The van der Waals surface area contributed by atoms with Crippen LogP contribution < -0.4 is 10.9 Å². The second-order valence-corrected chi connectivity index (χ2v) is 7.36. The van der Waals surface area contributed by atoms with Crippen molar-refractivity contribution in [2.45, 2.75) is 32.0 Å². The van der Waals surface area contributed by atoms with Crippen LogP contribution in [0.25, 0.3) is 17.0 Å². The number of amides is 1. The molecule has 1 aromatic carbocycles. The molecule has 0 fully saturated rings. The van der Waals surface area contributed by atoms with E-state index in [0.717, 1.165) is 0 Å². The number of hydrogen-bond acceptors (Lipinski definition) is 4. The van der Waals surface area contributed by atoms with E-state index in [4.69, 9.17) is 16.7 Å². The predicted octanol–water partition coefficient (Wildman–Crippen LogP) is 2.81. The van der Waals surface area contributed by atoms with E-state index in [-0.39, 0.29) is 43.9 Å². The van der Waals surface area contributed by atoms with Gasteiger partial charge in [-0.15, -0.1) is 0 Å². The molecule has 2 aromatic heterocycles. The fourth-order valence-corrected chi connectivity index (χ4v) is 3.23. The number of aromatic nitrogens is 3. The standard InChI is InChI=1S/C20H20ClF3N4O3/c21-15-4-2-13(3-5-15)16-12-28-18(31)14(10-17(30)25-7-9-29)11-27(19(28)26-16)8-1-6-20(22,23)24/h2-5,11-12,29H,1,6-10H2,(H,25,30). The van der Waals surface area contributed by atoms with E-state index < -0.39 is 24.1 Å². The molecule has 0 bridgehead atoms. The van der Waals surface area contributed by atoms with E-state index in [9.17, 15) is 22.8 Å². The van der Waals surface area contributed by atoms with Crippen LogP contribution in [0, 0.1) is 0 Å². The van der Waals surface area contributed by atoms with Crippen molar-refractivity contribution in [1.82, 2.24) is 19.3 Å². The van der Waals surface area contributed by atoms with E-state index in [2.05, 4.69) is 10.3 Å². The first-order chi connectivity index (χ1) is 14.7. The van der Waals surface area contributed by atoms with Gasteiger partial charge in [-0.05, 0) is 18.6 Å². The minimum atomic E-state index is -4.30.